The molecule has 0 spiro atoms. The molecule has 0 radical (unpaired) electrons. The molecule has 0 fully saturated rings. The minimum atomic E-state index is -0.973. The molecule has 7 nitrogen and oxygen atoms in total. The number of nitrogens with one attached hydrogen (secondary N) is 2. The van der Waals surface area contributed by atoms with Gasteiger partial charge in [0.2, 0.25) is 5.91 Å². The van der Waals surface area contributed by atoms with Crippen LogP contribution in [0.3, 0.4) is 0 Å². The van der Waals surface area contributed by atoms with Crippen molar-refractivity contribution in [3.8, 4) is 11.1 Å². The number of aliphatic carboxylic acids is 1. The second-order valence-corrected chi connectivity index (χ2v) is 8.23. The number of fused-ring (bicyclic) bond motifs is 3. The molecule has 7 heteroatoms. The minimum Gasteiger partial charge on any atom is -0.481 e. The lowest BCUT2D eigenvalue weighted by molar-refractivity contribution is -0.137. The molecule has 3 rings (SSSR count). The fraction of sp³-hybridized carbons (Fsp3) is 0.400. The molecule has 3 N–H and O–H groups in total. The van der Waals surface area contributed by atoms with Crippen LogP contribution in [0.4, 0.5) is 4.79 Å². The number of amides is 2. The quantitative estimate of drug-likeness (QED) is 0.519. The fourth-order valence-electron chi connectivity index (χ4n) is 4.25. The Bertz CT molecular complexity index is 929. The predicted octanol–water partition coefficient (Wildman–Crippen LogP) is 4.06. The van der Waals surface area contributed by atoms with Crippen molar-refractivity contribution < 1.29 is 24.2 Å². The number of carboxylic acid groups (broad SMARTS) is 1. The molecule has 0 aromatic heterocycles. The highest BCUT2D eigenvalue weighted by Crippen LogP contribution is 2.44. The number of rotatable bonds is 10. The van der Waals surface area contributed by atoms with Gasteiger partial charge in [0.05, 0.1) is 6.42 Å². The predicted molar refractivity (Wildman–Crippen MR) is 121 cm³/mol. The number of hydrogen-bond donors (Lipinski definition) is 3. The summed E-state index contributed by atoms with van der Waals surface area (Å²) in [4.78, 5) is 35.5. The first-order chi connectivity index (χ1) is 15.4. The monoisotopic (exact) mass is 438 g/mol. The van der Waals surface area contributed by atoms with Crippen molar-refractivity contribution in [3.63, 3.8) is 0 Å². The standard InChI is InChI=1S/C25H30N2O5/c1-3-8-17(14-23(28)26-16(2)13-24(29)30)27-25(31)32-15-22-20-11-6-4-9-18(20)19-10-5-7-12-21(19)22/h4-7,9-12,16-17,22H,3,8,13-15H2,1-2H3,(H,26,28)(H,27,31)(H,29,30)/t16-,17+/m0/s1. The van der Waals surface area contributed by atoms with E-state index in [4.69, 9.17) is 9.84 Å². The van der Waals surface area contributed by atoms with E-state index in [1.165, 1.54) is 0 Å². The SMILES string of the molecule is CCC[C@H](CC(=O)N[C@@H](C)CC(=O)O)NC(=O)OCC1c2ccccc2-c2ccccc21. The molecule has 2 aromatic rings. The van der Waals surface area contributed by atoms with E-state index in [2.05, 4.69) is 34.9 Å². The highest BCUT2D eigenvalue weighted by atomic mass is 16.5. The average Bonchev–Trinajstić information content (AvgIpc) is 3.05. The molecular weight excluding hydrogens is 408 g/mol. The Kier molecular flexibility index (Phi) is 7.87. The third kappa shape index (κ3) is 5.87. The fourth-order valence-corrected chi connectivity index (χ4v) is 4.25. The van der Waals surface area contributed by atoms with E-state index in [1.807, 2.05) is 31.2 Å². The largest absolute Gasteiger partial charge is 0.481 e. The summed E-state index contributed by atoms with van der Waals surface area (Å²) in [5, 5.41) is 14.3. The van der Waals surface area contributed by atoms with Gasteiger partial charge in [-0.2, -0.15) is 0 Å². The van der Waals surface area contributed by atoms with E-state index in [-0.39, 0.29) is 37.3 Å². The number of carboxylic acids is 1. The van der Waals surface area contributed by atoms with Crippen LogP contribution in [0, 0.1) is 0 Å². The molecule has 32 heavy (non-hydrogen) atoms. The van der Waals surface area contributed by atoms with Crippen LogP contribution in [0.15, 0.2) is 48.5 Å². The Labute approximate surface area is 188 Å². The van der Waals surface area contributed by atoms with Crippen molar-refractivity contribution in [2.75, 3.05) is 6.61 Å². The normalized spacial score (nSPS) is 14.1. The lowest BCUT2D eigenvalue weighted by Crippen LogP contribution is -2.42. The summed E-state index contributed by atoms with van der Waals surface area (Å²) in [6.45, 7) is 3.82. The van der Waals surface area contributed by atoms with Gasteiger partial charge in [-0.15, -0.1) is 0 Å². The van der Waals surface area contributed by atoms with Gasteiger partial charge in [0.15, 0.2) is 0 Å². The van der Waals surface area contributed by atoms with Gasteiger partial charge >= 0.3 is 12.1 Å². The van der Waals surface area contributed by atoms with Gasteiger partial charge in [0.25, 0.3) is 0 Å². The number of alkyl carbamates (subject to hydrolysis) is 1. The van der Waals surface area contributed by atoms with E-state index in [0.717, 1.165) is 28.7 Å². The minimum absolute atomic E-state index is 0.0297. The molecule has 1 aliphatic carbocycles. The van der Waals surface area contributed by atoms with Crippen LogP contribution in [0.2, 0.25) is 0 Å². The molecule has 2 atom stereocenters. The van der Waals surface area contributed by atoms with E-state index in [0.29, 0.717) is 6.42 Å². The van der Waals surface area contributed by atoms with Crippen molar-refractivity contribution in [1.29, 1.82) is 0 Å². The zero-order valence-electron chi connectivity index (χ0n) is 18.5. The van der Waals surface area contributed by atoms with Crippen LogP contribution in [0.25, 0.3) is 11.1 Å². The Morgan fingerprint density at radius 1 is 0.969 bits per heavy atom. The highest BCUT2D eigenvalue weighted by molar-refractivity contribution is 5.80. The first-order valence-electron chi connectivity index (χ1n) is 11.0. The summed E-state index contributed by atoms with van der Waals surface area (Å²) in [7, 11) is 0. The molecule has 2 amide bonds. The first kappa shape index (κ1) is 23.3. The molecule has 0 aliphatic heterocycles. The van der Waals surface area contributed by atoms with Gasteiger partial charge < -0.3 is 20.5 Å². The summed E-state index contributed by atoms with van der Waals surface area (Å²) in [6.07, 6.45) is 0.764. The summed E-state index contributed by atoms with van der Waals surface area (Å²) < 4.78 is 5.57. The molecule has 0 heterocycles. The lowest BCUT2D eigenvalue weighted by atomic mass is 9.98. The summed E-state index contributed by atoms with van der Waals surface area (Å²) in [5.74, 6) is -1.30. The van der Waals surface area contributed by atoms with Crippen LogP contribution >= 0.6 is 0 Å². The number of carbonyl (C=O) groups is 3. The van der Waals surface area contributed by atoms with Gasteiger partial charge in [-0.3, -0.25) is 9.59 Å². The van der Waals surface area contributed by atoms with Crippen LogP contribution in [-0.4, -0.2) is 41.8 Å². The summed E-state index contributed by atoms with van der Waals surface area (Å²) >= 11 is 0. The number of benzene rings is 2. The third-order valence-corrected chi connectivity index (χ3v) is 5.62. The molecule has 0 saturated heterocycles. The summed E-state index contributed by atoms with van der Waals surface area (Å²) in [6, 6.07) is 15.4. The first-order valence-corrected chi connectivity index (χ1v) is 11.0. The Hall–Kier alpha value is -3.35. The maximum atomic E-state index is 12.5. The maximum Gasteiger partial charge on any atom is 0.407 e. The second kappa shape index (κ2) is 10.8. The maximum absolute atomic E-state index is 12.5. The Morgan fingerprint density at radius 2 is 1.56 bits per heavy atom. The zero-order valence-corrected chi connectivity index (χ0v) is 18.5. The van der Waals surface area contributed by atoms with Crippen molar-refractivity contribution in [2.45, 2.75) is 57.5 Å². The van der Waals surface area contributed by atoms with Gasteiger partial charge in [-0.25, -0.2) is 4.79 Å². The van der Waals surface area contributed by atoms with Crippen LogP contribution in [0.1, 0.15) is 56.6 Å². The van der Waals surface area contributed by atoms with Crippen molar-refractivity contribution in [3.05, 3.63) is 59.7 Å². The Balaban J connectivity index is 1.57. The average molecular weight is 439 g/mol. The summed E-state index contributed by atoms with van der Waals surface area (Å²) in [5.41, 5.74) is 4.60. The third-order valence-electron chi connectivity index (χ3n) is 5.62. The zero-order chi connectivity index (χ0) is 23.1. The number of carbonyl (C=O) groups excluding carboxylic acids is 2. The molecule has 170 valence electrons. The van der Waals surface area contributed by atoms with E-state index >= 15 is 0 Å². The number of hydrogen-bond acceptors (Lipinski definition) is 4. The lowest BCUT2D eigenvalue weighted by Gasteiger charge is -2.20. The molecule has 0 unspecified atom stereocenters. The topological polar surface area (TPSA) is 105 Å². The highest BCUT2D eigenvalue weighted by Gasteiger charge is 2.29. The van der Waals surface area contributed by atoms with Crippen molar-refractivity contribution in [1.82, 2.24) is 10.6 Å². The molecule has 0 saturated carbocycles. The van der Waals surface area contributed by atoms with E-state index in [9.17, 15) is 14.4 Å². The molecule has 2 aromatic carbocycles. The van der Waals surface area contributed by atoms with Gasteiger partial charge in [0.1, 0.15) is 6.61 Å². The van der Waals surface area contributed by atoms with Crippen LogP contribution < -0.4 is 10.6 Å². The molecule has 0 bridgehead atoms. The van der Waals surface area contributed by atoms with E-state index in [1.54, 1.807) is 6.92 Å². The van der Waals surface area contributed by atoms with Gasteiger partial charge in [-0.05, 0) is 35.6 Å². The van der Waals surface area contributed by atoms with Crippen LogP contribution in [-0.2, 0) is 14.3 Å². The van der Waals surface area contributed by atoms with E-state index < -0.39 is 18.1 Å². The van der Waals surface area contributed by atoms with Gasteiger partial charge in [0, 0.05) is 24.4 Å². The van der Waals surface area contributed by atoms with Crippen molar-refractivity contribution >= 4 is 18.0 Å². The smallest absolute Gasteiger partial charge is 0.407 e. The van der Waals surface area contributed by atoms with Crippen molar-refractivity contribution in [2.24, 2.45) is 0 Å². The number of ether oxygens (including phenoxy) is 1. The molecule has 1 aliphatic rings. The molecular formula is C25H30N2O5. The van der Waals surface area contributed by atoms with Crippen LogP contribution in [0.5, 0.6) is 0 Å². The van der Waals surface area contributed by atoms with Gasteiger partial charge in [-0.1, -0.05) is 61.9 Å². The Morgan fingerprint density at radius 3 is 2.12 bits per heavy atom. The second-order valence-electron chi connectivity index (χ2n) is 8.23.